The second-order valence-corrected chi connectivity index (χ2v) is 10.0. The number of carbonyl (C=O) groups excluding carboxylic acids is 1. The van der Waals surface area contributed by atoms with Crippen molar-refractivity contribution in [3.8, 4) is 17.1 Å². The number of nitrogens with zero attached hydrogens (tertiary/aromatic N) is 6. The van der Waals surface area contributed by atoms with Crippen LogP contribution in [0.4, 0.5) is 22.0 Å². The maximum atomic E-state index is 13.3. The molecule has 0 saturated heterocycles. The number of hydrogen-bond acceptors (Lipinski definition) is 6. The number of rotatable bonds is 8. The number of alkyl halides is 5. The molecule has 0 aliphatic heterocycles. The van der Waals surface area contributed by atoms with Gasteiger partial charge in [-0.05, 0) is 36.4 Å². The van der Waals surface area contributed by atoms with Crippen molar-refractivity contribution in [2.24, 2.45) is 0 Å². The molecule has 1 fully saturated rings. The Hall–Kier alpha value is -3.82. The summed E-state index contributed by atoms with van der Waals surface area (Å²) in [6, 6.07) is 8.74. The van der Waals surface area contributed by atoms with Crippen LogP contribution < -0.4 is 11.0 Å². The molecular weight excluding hydrogens is 600 g/mol. The van der Waals surface area contributed by atoms with Crippen LogP contribution in [0, 0.1) is 0 Å². The number of nitrogens with one attached hydrogen (secondary N) is 1. The van der Waals surface area contributed by atoms with Crippen molar-refractivity contribution in [3.63, 3.8) is 0 Å². The van der Waals surface area contributed by atoms with Gasteiger partial charge in [-0.3, -0.25) is 9.36 Å². The van der Waals surface area contributed by atoms with E-state index >= 15 is 0 Å². The number of aliphatic hydroxyl groups is 1. The van der Waals surface area contributed by atoms with E-state index in [-0.39, 0.29) is 33.5 Å². The molecule has 216 valence electrons. The van der Waals surface area contributed by atoms with Gasteiger partial charge in [0.25, 0.3) is 11.8 Å². The highest BCUT2D eigenvalue weighted by Gasteiger charge is 2.58. The molecule has 1 saturated carbocycles. The number of benzene rings is 2. The fourth-order valence-electron chi connectivity index (χ4n) is 3.95. The Kier molecular flexibility index (Phi) is 7.38. The Morgan fingerprint density at radius 3 is 2.46 bits per heavy atom. The first kappa shape index (κ1) is 28.7. The molecule has 5 rings (SSSR count). The van der Waals surface area contributed by atoms with Crippen molar-refractivity contribution in [1.82, 2.24) is 34.4 Å². The van der Waals surface area contributed by atoms with Gasteiger partial charge in [-0.1, -0.05) is 29.3 Å². The normalized spacial score (nSPS) is 16.9. The summed E-state index contributed by atoms with van der Waals surface area (Å²) in [7, 11) is 0. The van der Waals surface area contributed by atoms with Gasteiger partial charge >= 0.3 is 11.9 Å². The van der Waals surface area contributed by atoms with Gasteiger partial charge in [0, 0.05) is 17.0 Å². The van der Waals surface area contributed by atoms with Crippen LogP contribution in [0.5, 0.6) is 0 Å². The van der Waals surface area contributed by atoms with Gasteiger partial charge in [0.05, 0.1) is 28.9 Å². The van der Waals surface area contributed by atoms with Crippen LogP contribution in [0.2, 0.25) is 10.0 Å². The zero-order chi connectivity index (χ0) is 29.7. The minimum absolute atomic E-state index is 0.0300. The minimum atomic E-state index is -4.99. The first-order chi connectivity index (χ1) is 19.2. The molecule has 0 spiro atoms. The molecule has 1 amide bonds. The third-order valence-corrected chi connectivity index (χ3v) is 6.74. The zero-order valence-electron chi connectivity index (χ0n) is 20.5. The summed E-state index contributed by atoms with van der Waals surface area (Å²) in [5, 5.41) is 20.6. The molecule has 4 aromatic rings. The van der Waals surface area contributed by atoms with Gasteiger partial charge < -0.3 is 10.4 Å². The van der Waals surface area contributed by atoms with E-state index in [1.54, 1.807) is 0 Å². The molecule has 41 heavy (non-hydrogen) atoms. The molecule has 2 aromatic heterocycles. The Labute approximate surface area is 236 Å². The number of amides is 1. The van der Waals surface area contributed by atoms with Crippen molar-refractivity contribution in [1.29, 1.82) is 0 Å². The number of aliphatic hydroxyl groups excluding tert-OH is 1. The molecule has 2 heterocycles. The maximum absolute atomic E-state index is 13.3. The van der Waals surface area contributed by atoms with Crippen LogP contribution >= 0.6 is 23.2 Å². The molecule has 1 unspecified atom stereocenters. The number of hydrogen-bond donors (Lipinski definition) is 2. The van der Waals surface area contributed by atoms with E-state index in [2.05, 4.69) is 20.5 Å². The van der Waals surface area contributed by atoms with E-state index < -0.39 is 55.4 Å². The third kappa shape index (κ3) is 5.96. The van der Waals surface area contributed by atoms with Crippen molar-refractivity contribution in [2.75, 3.05) is 0 Å². The Morgan fingerprint density at radius 2 is 1.83 bits per heavy atom. The molecular formula is C24H18Cl2F5N7O3. The van der Waals surface area contributed by atoms with E-state index in [4.69, 9.17) is 23.2 Å². The predicted octanol–water partition coefficient (Wildman–Crippen LogP) is 3.71. The third-order valence-electron chi connectivity index (χ3n) is 6.18. The zero-order valence-corrected chi connectivity index (χ0v) is 22.0. The first-order valence-corrected chi connectivity index (χ1v) is 12.6. The first-order valence-electron chi connectivity index (χ1n) is 11.8. The van der Waals surface area contributed by atoms with Crippen molar-refractivity contribution in [3.05, 3.63) is 80.7 Å². The average molecular weight is 618 g/mol. The quantitative estimate of drug-likeness (QED) is 0.291. The lowest BCUT2D eigenvalue weighted by molar-refractivity contribution is -0.207. The summed E-state index contributed by atoms with van der Waals surface area (Å²) >= 11 is 12.2. The van der Waals surface area contributed by atoms with Crippen LogP contribution in [0.25, 0.3) is 17.1 Å². The summed E-state index contributed by atoms with van der Waals surface area (Å²) in [5.41, 5.74) is -0.768. The average Bonchev–Trinajstić information content (AvgIpc) is 3.18. The monoisotopic (exact) mass is 617 g/mol. The van der Waals surface area contributed by atoms with Gasteiger partial charge in [-0.15, -0.1) is 10.2 Å². The van der Waals surface area contributed by atoms with Crippen LogP contribution in [0.3, 0.4) is 0 Å². The number of para-hydroxylation sites is 1. The molecule has 17 heteroatoms. The molecule has 2 atom stereocenters. The van der Waals surface area contributed by atoms with Gasteiger partial charge in [-0.2, -0.15) is 13.2 Å². The second kappa shape index (κ2) is 10.5. The lowest BCUT2D eigenvalue weighted by Crippen LogP contribution is -2.37. The molecule has 2 aromatic carbocycles. The lowest BCUT2D eigenvalue weighted by Gasteiger charge is -2.15. The van der Waals surface area contributed by atoms with Gasteiger partial charge in [0.2, 0.25) is 0 Å². The minimum Gasteiger partial charge on any atom is -0.382 e. The van der Waals surface area contributed by atoms with Crippen LogP contribution in [0.1, 0.15) is 22.6 Å². The molecule has 0 radical (unpaired) electrons. The standard InChI is InChI=1S/C24H18Cl2F5N7O3/c25-13-6-4-12(5-7-13)20-35-37(22(41)36(20)9-17(39)24(29,30)31)10-18-32-11-38(34-18)19-14(2-1-3-15(19)26)21(40)33-16-8-23(16,27)28/h1-7,11,16-17,39H,8-10H2,(H,33,40)/t16?,17-/m0/s1. The summed E-state index contributed by atoms with van der Waals surface area (Å²) in [4.78, 5) is 29.9. The lowest BCUT2D eigenvalue weighted by atomic mass is 10.1. The Balaban J connectivity index is 1.46. The number of aromatic nitrogens is 6. The second-order valence-electron chi connectivity index (χ2n) is 9.17. The highest BCUT2D eigenvalue weighted by atomic mass is 35.5. The maximum Gasteiger partial charge on any atom is 0.416 e. The Morgan fingerprint density at radius 1 is 1.15 bits per heavy atom. The predicted molar refractivity (Wildman–Crippen MR) is 135 cm³/mol. The summed E-state index contributed by atoms with van der Waals surface area (Å²) in [6.45, 7) is -1.54. The molecule has 1 aliphatic rings. The molecule has 2 N–H and O–H groups in total. The molecule has 1 aliphatic carbocycles. The molecule has 10 nitrogen and oxygen atoms in total. The summed E-state index contributed by atoms with van der Waals surface area (Å²) in [5.74, 6) is -4.02. The van der Waals surface area contributed by atoms with E-state index in [1.807, 2.05) is 0 Å². The van der Waals surface area contributed by atoms with Crippen LogP contribution in [0.15, 0.2) is 53.6 Å². The summed E-state index contributed by atoms with van der Waals surface area (Å²) in [6.07, 6.45) is -7.16. The van der Waals surface area contributed by atoms with E-state index in [0.29, 0.717) is 9.59 Å². The van der Waals surface area contributed by atoms with Crippen LogP contribution in [-0.2, 0) is 13.1 Å². The molecule has 0 bridgehead atoms. The van der Waals surface area contributed by atoms with E-state index in [9.17, 15) is 36.6 Å². The highest BCUT2D eigenvalue weighted by molar-refractivity contribution is 6.33. The van der Waals surface area contributed by atoms with Gasteiger partial charge in [0.15, 0.2) is 17.8 Å². The number of carbonyl (C=O) groups is 1. The number of halogens is 7. The van der Waals surface area contributed by atoms with Crippen molar-refractivity contribution in [2.45, 2.75) is 43.8 Å². The SMILES string of the molecule is O=C(NC1CC1(F)F)c1cccc(Cl)c1-n1cnc(Cn2nc(-c3ccc(Cl)cc3)n(C[C@H](O)C(F)(F)F)c2=O)n1. The van der Waals surface area contributed by atoms with Gasteiger partial charge in [-0.25, -0.2) is 27.9 Å². The van der Waals surface area contributed by atoms with Gasteiger partial charge in [0.1, 0.15) is 12.9 Å². The highest BCUT2D eigenvalue weighted by Crippen LogP contribution is 2.42. The van der Waals surface area contributed by atoms with E-state index in [0.717, 1.165) is 15.7 Å². The topological polar surface area (TPSA) is 120 Å². The smallest absolute Gasteiger partial charge is 0.382 e. The van der Waals surface area contributed by atoms with Crippen LogP contribution in [-0.4, -0.2) is 64.4 Å². The fraction of sp³-hybridized carbons (Fsp3) is 0.292. The fourth-order valence-corrected chi connectivity index (χ4v) is 4.33. The largest absolute Gasteiger partial charge is 0.416 e. The van der Waals surface area contributed by atoms with Crippen molar-refractivity contribution < 1.29 is 31.9 Å². The Bertz CT molecular complexity index is 1670. The summed E-state index contributed by atoms with van der Waals surface area (Å²) < 4.78 is 68.5. The van der Waals surface area contributed by atoms with E-state index in [1.165, 1.54) is 42.5 Å². The van der Waals surface area contributed by atoms with Crippen molar-refractivity contribution >= 4 is 29.1 Å².